The highest BCUT2D eigenvalue weighted by atomic mass is 16.7. The molecule has 1 fully saturated rings. The molecule has 0 bridgehead atoms. The Morgan fingerprint density at radius 2 is 1.74 bits per heavy atom. The van der Waals surface area contributed by atoms with Gasteiger partial charge in [-0.25, -0.2) is 0 Å². The van der Waals surface area contributed by atoms with E-state index in [0.29, 0.717) is 12.8 Å². The summed E-state index contributed by atoms with van der Waals surface area (Å²) in [7, 11) is 3.10. The van der Waals surface area contributed by atoms with Gasteiger partial charge in [-0.1, -0.05) is 46.5 Å². The third kappa shape index (κ3) is 4.32. The summed E-state index contributed by atoms with van der Waals surface area (Å²) in [6.45, 7) is 6.22. The van der Waals surface area contributed by atoms with Crippen LogP contribution in [0.3, 0.4) is 0 Å². The monoisotopic (exact) mass is 328 g/mol. The second-order valence-corrected chi connectivity index (χ2v) is 6.94. The Kier molecular flexibility index (Phi) is 7.68. The predicted octanol–water partition coefficient (Wildman–Crippen LogP) is 3.84. The number of ether oxygens (including phenoxy) is 3. The number of carbonyl (C=O) groups excluding carboxylic acids is 2. The topological polar surface area (TPSA) is 61.8 Å². The lowest BCUT2D eigenvalue weighted by Gasteiger charge is -2.44. The molecule has 0 radical (unpaired) electrons. The molecule has 1 saturated heterocycles. The van der Waals surface area contributed by atoms with E-state index in [-0.39, 0.29) is 12.3 Å². The first-order valence-electron chi connectivity index (χ1n) is 8.73. The number of hydrogen-bond donors (Lipinski definition) is 0. The maximum atomic E-state index is 12.5. The lowest BCUT2D eigenvalue weighted by molar-refractivity contribution is -0.276. The molecular weight excluding hydrogens is 296 g/mol. The first-order chi connectivity index (χ1) is 10.9. The summed E-state index contributed by atoms with van der Waals surface area (Å²) in [6, 6.07) is 0. The van der Waals surface area contributed by atoms with Crippen LogP contribution in [0.15, 0.2) is 0 Å². The molecule has 0 aromatic heterocycles. The van der Waals surface area contributed by atoms with Gasteiger partial charge in [-0.2, -0.15) is 0 Å². The van der Waals surface area contributed by atoms with Crippen LogP contribution in [0.1, 0.15) is 72.1 Å². The molecule has 23 heavy (non-hydrogen) atoms. The summed E-state index contributed by atoms with van der Waals surface area (Å²) < 4.78 is 16.3. The minimum absolute atomic E-state index is 0.0284. The van der Waals surface area contributed by atoms with Gasteiger partial charge in [0.15, 0.2) is 5.79 Å². The Morgan fingerprint density at radius 3 is 2.17 bits per heavy atom. The third-order valence-corrected chi connectivity index (χ3v) is 4.80. The second kappa shape index (κ2) is 8.78. The minimum atomic E-state index is -1.10. The Labute approximate surface area is 140 Å². The van der Waals surface area contributed by atoms with E-state index in [1.807, 2.05) is 13.8 Å². The highest BCUT2D eigenvalue weighted by molar-refractivity contribution is 5.98. The first kappa shape index (κ1) is 20.1. The zero-order valence-corrected chi connectivity index (χ0v) is 15.3. The Hall–Kier alpha value is -0.940. The summed E-state index contributed by atoms with van der Waals surface area (Å²) in [5.74, 6) is -1.88. The molecule has 0 aliphatic carbocycles. The highest BCUT2D eigenvalue weighted by Crippen LogP contribution is 2.50. The van der Waals surface area contributed by atoms with Gasteiger partial charge in [-0.05, 0) is 18.8 Å². The maximum Gasteiger partial charge on any atom is 0.325 e. The molecule has 0 aromatic rings. The number of hydrogen-bond acceptors (Lipinski definition) is 5. The van der Waals surface area contributed by atoms with Crippen molar-refractivity contribution < 1.29 is 23.8 Å². The molecule has 0 amide bonds. The molecule has 1 heterocycles. The normalized spacial score (nSPS) is 22.0. The fourth-order valence-electron chi connectivity index (χ4n) is 3.73. The molecule has 134 valence electrons. The quantitative estimate of drug-likeness (QED) is 0.249. The molecule has 5 nitrogen and oxygen atoms in total. The average Bonchev–Trinajstić information content (AvgIpc) is 2.77. The first-order valence-corrected chi connectivity index (χ1v) is 8.73. The molecule has 0 saturated carbocycles. The van der Waals surface area contributed by atoms with Crippen molar-refractivity contribution in [1.82, 2.24) is 0 Å². The van der Waals surface area contributed by atoms with E-state index in [2.05, 4.69) is 6.92 Å². The smallest absolute Gasteiger partial charge is 0.325 e. The number of cyclic esters (lactones) is 2. The van der Waals surface area contributed by atoms with Gasteiger partial charge in [0, 0.05) is 20.6 Å². The van der Waals surface area contributed by atoms with Gasteiger partial charge in [0.2, 0.25) is 0 Å². The molecule has 0 spiro atoms. The molecule has 0 N–H and O–H groups in total. The maximum absolute atomic E-state index is 12.5. The molecule has 1 unspecified atom stereocenters. The van der Waals surface area contributed by atoms with Gasteiger partial charge in [0.05, 0.1) is 6.42 Å². The van der Waals surface area contributed by atoms with E-state index in [4.69, 9.17) is 14.2 Å². The highest BCUT2D eigenvalue weighted by Gasteiger charge is 2.63. The van der Waals surface area contributed by atoms with Crippen LogP contribution < -0.4 is 0 Å². The van der Waals surface area contributed by atoms with Gasteiger partial charge in [0.1, 0.15) is 5.41 Å². The van der Waals surface area contributed by atoms with Crippen molar-refractivity contribution in [1.29, 1.82) is 0 Å². The summed E-state index contributed by atoms with van der Waals surface area (Å²) in [6.07, 6.45) is 6.60. The third-order valence-electron chi connectivity index (χ3n) is 4.80. The van der Waals surface area contributed by atoms with E-state index in [1.165, 1.54) is 12.8 Å². The Morgan fingerprint density at radius 1 is 1.13 bits per heavy atom. The zero-order chi connectivity index (χ0) is 17.5. The van der Waals surface area contributed by atoms with E-state index in [0.717, 1.165) is 19.3 Å². The predicted molar refractivity (Wildman–Crippen MR) is 87.7 cm³/mol. The largest absolute Gasteiger partial charge is 0.393 e. The lowest BCUT2D eigenvalue weighted by atomic mass is 9.70. The molecule has 5 heteroatoms. The average molecular weight is 328 g/mol. The number of carbonyl (C=O) groups is 2. The number of esters is 2. The second-order valence-electron chi connectivity index (χ2n) is 6.94. The van der Waals surface area contributed by atoms with Crippen LogP contribution in [0.5, 0.6) is 0 Å². The van der Waals surface area contributed by atoms with Gasteiger partial charge in [0.25, 0.3) is 0 Å². The zero-order valence-electron chi connectivity index (χ0n) is 15.3. The Bertz CT molecular complexity index is 400. The molecule has 1 aliphatic rings. The van der Waals surface area contributed by atoms with Gasteiger partial charge in [-0.15, -0.1) is 0 Å². The van der Waals surface area contributed by atoms with Crippen LogP contribution in [0.25, 0.3) is 0 Å². The van der Waals surface area contributed by atoms with Crippen LogP contribution >= 0.6 is 0 Å². The van der Waals surface area contributed by atoms with Gasteiger partial charge < -0.3 is 14.2 Å². The minimum Gasteiger partial charge on any atom is -0.393 e. The number of rotatable bonds is 11. The van der Waals surface area contributed by atoms with Crippen LogP contribution in [-0.2, 0) is 23.8 Å². The van der Waals surface area contributed by atoms with Gasteiger partial charge in [-0.3, -0.25) is 9.59 Å². The van der Waals surface area contributed by atoms with Crippen molar-refractivity contribution in [2.45, 2.75) is 77.9 Å². The summed E-state index contributed by atoms with van der Waals surface area (Å²) >= 11 is 0. The summed E-state index contributed by atoms with van der Waals surface area (Å²) in [4.78, 5) is 24.3. The van der Waals surface area contributed by atoms with E-state index >= 15 is 0 Å². The SMILES string of the molecule is CCCCCCCC(OC)(OC)C1(CC(C)C)CC(=O)OC1=O. The molecule has 1 atom stereocenters. The van der Waals surface area contributed by atoms with Crippen molar-refractivity contribution in [3.8, 4) is 0 Å². The number of methoxy groups -OCH3 is 2. The van der Waals surface area contributed by atoms with Crippen LogP contribution in [0.2, 0.25) is 0 Å². The molecule has 1 rings (SSSR count). The fourth-order valence-corrected chi connectivity index (χ4v) is 3.73. The van der Waals surface area contributed by atoms with E-state index < -0.39 is 23.1 Å². The lowest BCUT2D eigenvalue weighted by Crippen LogP contribution is -2.54. The van der Waals surface area contributed by atoms with Crippen LogP contribution in [0, 0.1) is 11.3 Å². The van der Waals surface area contributed by atoms with Crippen molar-refractivity contribution in [3.63, 3.8) is 0 Å². The standard InChI is InChI=1S/C18H32O5/c1-6-7-8-9-10-11-18(21-4,22-5)17(12-14(2)3)13-15(19)23-16(17)20/h14H,6-13H2,1-5H3. The van der Waals surface area contributed by atoms with Crippen molar-refractivity contribution >= 4 is 11.9 Å². The molecule has 1 aliphatic heterocycles. The molecular formula is C18H32O5. The van der Waals surface area contributed by atoms with Crippen molar-refractivity contribution in [3.05, 3.63) is 0 Å². The van der Waals surface area contributed by atoms with Crippen molar-refractivity contribution in [2.75, 3.05) is 14.2 Å². The number of unbranched alkanes of at least 4 members (excludes halogenated alkanes) is 4. The van der Waals surface area contributed by atoms with Crippen molar-refractivity contribution in [2.24, 2.45) is 11.3 Å². The summed E-state index contributed by atoms with van der Waals surface area (Å²) in [5.41, 5.74) is -1.05. The van der Waals surface area contributed by atoms with E-state index in [9.17, 15) is 9.59 Å². The van der Waals surface area contributed by atoms with Crippen LogP contribution in [-0.4, -0.2) is 31.9 Å². The van der Waals surface area contributed by atoms with Crippen LogP contribution in [0.4, 0.5) is 0 Å². The molecule has 0 aromatic carbocycles. The van der Waals surface area contributed by atoms with Gasteiger partial charge >= 0.3 is 11.9 Å². The summed E-state index contributed by atoms with van der Waals surface area (Å²) in [5, 5.41) is 0. The Balaban J connectivity index is 3.00. The fraction of sp³-hybridized carbons (Fsp3) is 0.889. The van der Waals surface area contributed by atoms with E-state index in [1.54, 1.807) is 14.2 Å².